The fourth-order valence-electron chi connectivity index (χ4n) is 8.19. The van der Waals surface area contributed by atoms with Crippen molar-refractivity contribution in [2.75, 3.05) is 24.7 Å². The van der Waals surface area contributed by atoms with Gasteiger partial charge in [0.15, 0.2) is 0 Å². The zero-order chi connectivity index (χ0) is 30.4. The van der Waals surface area contributed by atoms with Crippen LogP contribution in [0.25, 0.3) is 22.8 Å². The van der Waals surface area contributed by atoms with Crippen LogP contribution >= 0.6 is 0 Å². The second kappa shape index (κ2) is 11.0. The number of benzene rings is 6. The van der Waals surface area contributed by atoms with Gasteiger partial charge in [0.05, 0.1) is 0 Å². The van der Waals surface area contributed by atoms with Crippen LogP contribution in [0, 0.1) is 0 Å². The molecule has 0 spiro atoms. The Hall–Kier alpha value is -5.34. The number of nitrogens with one attached hydrogen (secondary N) is 2. The molecule has 2 aliphatic carbocycles. The first-order valence-corrected chi connectivity index (χ1v) is 15.8. The van der Waals surface area contributed by atoms with Crippen molar-refractivity contribution in [2.45, 2.75) is 17.3 Å². The van der Waals surface area contributed by atoms with Crippen molar-refractivity contribution >= 4 is 23.0 Å². The summed E-state index contributed by atoms with van der Waals surface area (Å²) in [5, 5.41) is 6.91. The molecular formula is C43H36N2. The van der Waals surface area contributed by atoms with Crippen molar-refractivity contribution in [3.8, 4) is 11.1 Å². The number of hydrogen-bond acceptors (Lipinski definition) is 2. The van der Waals surface area contributed by atoms with Crippen molar-refractivity contribution in [1.82, 2.24) is 0 Å². The van der Waals surface area contributed by atoms with Gasteiger partial charge in [-0.1, -0.05) is 133 Å². The van der Waals surface area contributed by atoms with E-state index >= 15 is 0 Å². The third-order valence-electron chi connectivity index (χ3n) is 10.0. The standard InChI is InChI=1S/C43H36N2/c1-44-33-22-24-36-37-25-23-34(45-2)28-40(37)42(39(36)27-33)43(31-17-8-4-9-18-31,32-19-10-5-11-20-32)41-35-21-13-12-16-30(35)26-38(41)29-14-6-3-7-15-29/h3-28,41-42,44-45H,1-2H3. The maximum absolute atomic E-state index is 3.45. The Morgan fingerprint density at radius 1 is 0.467 bits per heavy atom. The van der Waals surface area contributed by atoms with E-state index in [-0.39, 0.29) is 11.8 Å². The predicted octanol–water partition coefficient (Wildman–Crippen LogP) is 10.2. The highest BCUT2D eigenvalue weighted by Crippen LogP contribution is 2.66. The number of rotatable bonds is 7. The van der Waals surface area contributed by atoms with Crippen LogP contribution in [0.4, 0.5) is 11.4 Å². The van der Waals surface area contributed by atoms with Crippen molar-refractivity contribution in [1.29, 1.82) is 0 Å². The lowest BCUT2D eigenvalue weighted by atomic mass is 9.53. The summed E-state index contributed by atoms with van der Waals surface area (Å²) >= 11 is 0. The van der Waals surface area contributed by atoms with Crippen LogP contribution in [-0.4, -0.2) is 14.1 Å². The number of fused-ring (bicyclic) bond motifs is 4. The molecule has 8 rings (SSSR count). The van der Waals surface area contributed by atoms with E-state index in [0.29, 0.717) is 0 Å². The minimum absolute atomic E-state index is 0.0252. The average Bonchev–Trinajstić information content (AvgIpc) is 3.66. The van der Waals surface area contributed by atoms with E-state index in [9.17, 15) is 0 Å². The highest BCUT2D eigenvalue weighted by Gasteiger charge is 2.55. The smallest absolute Gasteiger partial charge is 0.0421 e. The molecule has 0 amide bonds. The Morgan fingerprint density at radius 3 is 1.49 bits per heavy atom. The summed E-state index contributed by atoms with van der Waals surface area (Å²) in [6, 6.07) is 56.5. The fraction of sp³-hybridized carbons (Fsp3) is 0.116. The summed E-state index contributed by atoms with van der Waals surface area (Å²) in [6.07, 6.45) is 2.45. The van der Waals surface area contributed by atoms with Crippen LogP contribution in [-0.2, 0) is 5.41 Å². The van der Waals surface area contributed by atoms with Crippen LogP contribution in [0.3, 0.4) is 0 Å². The second-order valence-corrected chi connectivity index (χ2v) is 12.2. The van der Waals surface area contributed by atoms with E-state index in [0.717, 1.165) is 11.4 Å². The van der Waals surface area contributed by atoms with Crippen molar-refractivity contribution in [3.05, 3.63) is 191 Å². The summed E-state index contributed by atoms with van der Waals surface area (Å²) in [5.41, 5.74) is 15.0. The van der Waals surface area contributed by atoms with Gasteiger partial charge in [0.2, 0.25) is 0 Å². The van der Waals surface area contributed by atoms with Gasteiger partial charge in [-0.25, -0.2) is 0 Å². The molecule has 2 N–H and O–H groups in total. The Kier molecular flexibility index (Phi) is 6.64. The summed E-state index contributed by atoms with van der Waals surface area (Å²) in [5.74, 6) is 0.0679. The van der Waals surface area contributed by atoms with Crippen LogP contribution in [0.5, 0.6) is 0 Å². The first-order valence-electron chi connectivity index (χ1n) is 15.8. The minimum atomic E-state index is -0.491. The molecule has 0 fully saturated rings. The monoisotopic (exact) mass is 580 g/mol. The molecule has 6 aromatic carbocycles. The topological polar surface area (TPSA) is 24.1 Å². The van der Waals surface area contributed by atoms with Crippen LogP contribution in [0.2, 0.25) is 0 Å². The van der Waals surface area contributed by atoms with Gasteiger partial charge in [-0.15, -0.1) is 0 Å². The molecule has 0 saturated carbocycles. The lowest BCUT2D eigenvalue weighted by Crippen LogP contribution is -2.41. The average molecular weight is 581 g/mol. The quantitative estimate of drug-likeness (QED) is 0.196. The van der Waals surface area contributed by atoms with Crippen molar-refractivity contribution < 1.29 is 0 Å². The minimum Gasteiger partial charge on any atom is -0.388 e. The van der Waals surface area contributed by atoms with Crippen LogP contribution in [0.15, 0.2) is 152 Å². The van der Waals surface area contributed by atoms with Gasteiger partial charge in [0.25, 0.3) is 0 Å². The molecule has 1 atom stereocenters. The van der Waals surface area contributed by atoms with Gasteiger partial charge >= 0.3 is 0 Å². The van der Waals surface area contributed by atoms with Gasteiger partial charge < -0.3 is 10.6 Å². The van der Waals surface area contributed by atoms with E-state index < -0.39 is 5.41 Å². The largest absolute Gasteiger partial charge is 0.388 e. The Morgan fingerprint density at radius 2 is 0.956 bits per heavy atom. The summed E-state index contributed by atoms with van der Waals surface area (Å²) < 4.78 is 0. The van der Waals surface area contributed by atoms with Crippen LogP contribution in [0.1, 0.15) is 50.8 Å². The summed E-state index contributed by atoms with van der Waals surface area (Å²) in [6.45, 7) is 0. The first-order chi connectivity index (χ1) is 22.2. The molecule has 6 aromatic rings. The van der Waals surface area contributed by atoms with Crippen LogP contribution < -0.4 is 10.6 Å². The van der Waals surface area contributed by atoms with Gasteiger partial charge in [0, 0.05) is 42.7 Å². The van der Waals surface area contributed by atoms with E-state index in [1.807, 2.05) is 14.1 Å². The molecule has 2 heteroatoms. The summed E-state index contributed by atoms with van der Waals surface area (Å²) in [7, 11) is 4.03. The highest BCUT2D eigenvalue weighted by molar-refractivity contribution is 5.95. The fourth-order valence-corrected chi connectivity index (χ4v) is 8.19. The molecule has 0 radical (unpaired) electrons. The van der Waals surface area contributed by atoms with E-state index in [1.165, 1.54) is 55.6 Å². The molecule has 0 saturated heterocycles. The maximum Gasteiger partial charge on any atom is 0.0421 e. The van der Waals surface area contributed by atoms with E-state index in [4.69, 9.17) is 0 Å². The van der Waals surface area contributed by atoms with Crippen molar-refractivity contribution in [3.63, 3.8) is 0 Å². The molecule has 1 unspecified atom stereocenters. The zero-order valence-electron chi connectivity index (χ0n) is 25.7. The lowest BCUT2D eigenvalue weighted by Gasteiger charge is -2.48. The molecule has 2 nitrogen and oxygen atoms in total. The molecule has 0 aromatic heterocycles. The van der Waals surface area contributed by atoms with Crippen molar-refractivity contribution in [2.24, 2.45) is 0 Å². The Labute approximate surface area is 266 Å². The van der Waals surface area contributed by atoms with E-state index in [2.05, 4.69) is 168 Å². The van der Waals surface area contributed by atoms with Gasteiger partial charge in [-0.3, -0.25) is 0 Å². The third kappa shape index (κ3) is 4.17. The van der Waals surface area contributed by atoms with Gasteiger partial charge in [0.1, 0.15) is 0 Å². The zero-order valence-corrected chi connectivity index (χ0v) is 25.7. The molecular weight excluding hydrogens is 544 g/mol. The first kappa shape index (κ1) is 27.2. The lowest BCUT2D eigenvalue weighted by molar-refractivity contribution is 0.424. The highest BCUT2D eigenvalue weighted by atomic mass is 14.8. The SMILES string of the molecule is CNc1ccc2c(c1)C(C(c1ccccc1)(c1ccccc1)C1C(c3ccccc3)=Cc3ccccc31)c1cc(NC)ccc1-2. The molecule has 0 heterocycles. The van der Waals surface area contributed by atoms with E-state index in [1.54, 1.807) is 0 Å². The molecule has 45 heavy (non-hydrogen) atoms. The molecule has 2 aliphatic rings. The summed E-state index contributed by atoms with van der Waals surface area (Å²) in [4.78, 5) is 0. The normalized spacial score (nSPS) is 15.2. The third-order valence-corrected chi connectivity index (χ3v) is 10.0. The molecule has 0 aliphatic heterocycles. The maximum atomic E-state index is 3.45. The number of allylic oxidation sites excluding steroid dienone is 1. The van der Waals surface area contributed by atoms with Gasteiger partial charge in [-0.2, -0.15) is 0 Å². The number of hydrogen-bond donors (Lipinski definition) is 2. The Balaban J connectivity index is 1.56. The Bertz CT molecular complexity index is 1930. The molecule has 218 valence electrons. The molecule has 0 bridgehead atoms. The van der Waals surface area contributed by atoms with Gasteiger partial charge in [-0.05, 0) is 79.9 Å². The second-order valence-electron chi connectivity index (χ2n) is 12.2. The number of anilines is 2. The predicted molar refractivity (Wildman–Crippen MR) is 190 cm³/mol.